The second-order valence-electron chi connectivity index (χ2n) is 4.71. The molecule has 1 N–H and O–H groups in total. The number of anilines is 1. The minimum Gasteiger partial charge on any atom is -0.489 e. The van der Waals surface area contributed by atoms with Crippen LogP contribution in [0.25, 0.3) is 0 Å². The van der Waals surface area contributed by atoms with Crippen LogP contribution < -0.4 is 10.1 Å². The lowest BCUT2D eigenvalue weighted by atomic mass is 10.1. The molecule has 0 unspecified atom stereocenters. The summed E-state index contributed by atoms with van der Waals surface area (Å²) in [4.78, 5) is 22.8. The maximum Gasteiger partial charge on any atom is 0.283 e. The highest BCUT2D eigenvalue weighted by Gasteiger charge is 2.21. The van der Waals surface area contributed by atoms with Gasteiger partial charge in [0, 0.05) is 18.2 Å². The van der Waals surface area contributed by atoms with Gasteiger partial charge < -0.3 is 14.8 Å². The van der Waals surface area contributed by atoms with Gasteiger partial charge in [-0.3, -0.25) is 14.9 Å². The van der Waals surface area contributed by atoms with Gasteiger partial charge in [0.2, 0.25) is 0 Å². The van der Waals surface area contributed by atoms with Crippen LogP contribution in [0.3, 0.4) is 0 Å². The molecule has 0 fully saturated rings. The molecule has 0 bridgehead atoms. The quantitative estimate of drug-likeness (QED) is 0.468. The monoisotopic (exact) mass is 350 g/mol. The summed E-state index contributed by atoms with van der Waals surface area (Å²) in [6, 6.07) is 10.7. The number of nitro groups is 1. The average molecular weight is 351 g/mol. The number of methoxy groups -OCH3 is 1. The molecule has 0 spiro atoms. The zero-order chi connectivity index (χ0) is 17.5. The van der Waals surface area contributed by atoms with Crippen molar-refractivity contribution in [3.8, 4) is 5.75 Å². The number of carbonyl (C=O) groups excluding carboxylic acids is 1. The topological polar surface area (TPSA) is 90.7 Å². The van der Waals surface area contributed by atoms with Crippen LogP contribution in [0.15, 0.2) is 42.5 Å². The fraction of sp³-hybridized carbons (Fsp3) is 0.188. The summed E-state index contributed by atoms with van der Waals surface area (Å²) in [7, 11) is 1.55. The van der Waals surface area contributed by atoms with Crippen LogP contribution in [-0.4, -0.2) is 31.2 Å². The van der Waals surface area contributed by atoms with E-state index in [-0.39, 0.29) is 16.3 Å². The number of amides is 1. The molecule has 0 aliphatic heterocycles. The van der Waals surface area contributed by atoms with Gasteiger partial charge in [0.15, 0.2) is 0 Å². The lowest BCUT2D eigenvalue weighted by molar-refractivity contribution is -0.385. The van der Waals surface area contributed by atoms with E-state index >= 15 is 0 Å². The van der Waals surface area contributed by atoms with Gasteiger partial charge in [0.1, 0.15) is 17.9 Å². The van der Waals surface area contributed by atoms with Crippen LogP contribution in [0.1, 0.15) is 10.4 Å². The summed E-state index contributed by atoms with van der Waals surface area (Å²) in [5.41, 5.74) is -0.0447. The molecule has 24 heavy (non-hydrogen) atoms. The van der Waals surface area contributed by atoms with Gasteiger partial charge in [0.25, 0.3) is 11.6 Å². The van der Waals surface area contributed by atoms with Gasteiger partial charge in [-0.2, -0.15) is 0 Å². The lowest BCUT2D eigenvalue weighted by Crippen LogP contribution is -2.15. The Balaban J connectivity index is 2.23. The maximum absolute atomic E-state index is 12.4. The summed E-state index contributed by atoms with van der Waals surface area (Å²) in [5, 5.41) is 13.9. The minimum atomic E-state index is -0.651. The highest BCUT2D eigenvalue weighted by Crippen LogP contribution is 2.27. The lowest BCUT2D eigenvalue weighted by Gasteiger charge is -2.12. The van der Waals surface area contributed by atoms with Crippen LogP contribution in [0.5, 0.6) is 5.75 Å². The maximum atomic E-state index is 12.4. The predicted octanol–water partition coefficient (Wildman–Crippen LogP) is 3.53. The third kappa shape index (κ3) is 4.43. The molecule has 1 amide bonds. The van der Waals surface area contributed by atoms with E-state index in [1.165, 1.54) is 12.1 Å². The molecule has 8 heteroatoms. The summed E-state index contributed by atoms with van der Waals surface area (Å²) in [6.45, 7) is 0.704. The molecule has 2 aromatic carbocycles. The molecule has 126 valence electrons. The fourth-order valence-corrected chi connectivity index (χ4v) is 2.13. The zero-order valence-corrected chi connectivity index (χ0v) is 13.6. The summed E-state index contributed by atoms with van der Waals surface area (Å²) in [5.74, 6) is -0.180. The van der Waals surface area contributed by atoms with Crippen LogP contribution in [0.2, 0.25) is 5.02 Å². The molecule has 0 heterocycles. The molecule has 0 aliphatic carbocycles. The van der Waals surface area contributed by atoms with E-state index in [0.29, 0.717) is 24.7 Å². The molecule has 0 saturated heterocycles. The van der Waals surface area contributed by atoms with Crippen molar-refractivity contribution in [2.24, 2.45) is 0 Å². The van der Waals surface area contributed by atoms with Gasteiger partial charge in [-0.05, 0) is 24.3 Å². The van der Waals surface area contributed by atoms with Crippen LogP contribution in [0.4, 0.5) is 11.4 Å². The standard InChI is InChI=1S/C16H15ClN2O5/c1-23-8-9-24-15-5-3-2-4-13(15)18-16(20)12-7-6-11(17)10-14(12)19(21)22/h2-7,10H,8-9H2,1H3,(H,18,20). The van der Waals surface area contributed by atoms with E-state index < -0.39 is 10.8 Å². The first-order valence-corrected chi connectivity index (χ1v) is 7.36. The van der Waals surface area contributed by atoms with Crippen molar-refractivity contribution in [1.29, 1.82) is 0 Å². The van der Waals surface area contributed by atoms with E-state index in [9.17, 15) is 14.9 Å². The van der Waals surface area contributed by atoms with Gasteiger partial charge in [-0.1, -0.05) is 23.7 Å². The molecular weight excluding hydrogens is 336 g/mol. The molecule has 0 atom stereocenters. The number of rotatable bonds is 7. The number of hydrogen-bond donors (Lipinski definition) is 1. The Kier molecular flexibility index (Phi) is 6.11. The van der Waals surface area contributed by atoms with E-state index in [0.717, 1.165) is 6.07 Å². The number of benzene rings is 2. The van der Waals surface area contributed by atoms with E-state index in [4.69, 9.17) is 21.1 Å². The van der Waals surface area contributed by atoms with E-state index in [1.54, 1.807) is 31.4 Å². The van der Waals surface area contributed by atoms with Crippen LogP contribution in [-0.2, 0) is 4.74 Å². The van der Waals surface area contributed by atoms with Crippen molar-refractivity contribution in [2.45, 2.75) is 0 Å². The summed E-state index contributed by atoms with van der Waals surface area (Å²) >= 11 is 5.75. The smallest absolute Gasteiger partial charge is 0.283 e. The van der Waals surface area contributed by atoms with Gasteiger partial charge in [0.05, 0.1) is 17.2 Å². The second-order valence-corrected chi connectivity index (χ2v) is 5.15. The second kappa shape index (κ2) is 8.28. The summed E-state index contributed by atoms with van der Waals surface area (Å²) < 4.78 is 10.4. The fourth-order valence-electron chi connectivity index (χ4n) is 1.97. The third-order valence-electron chi connectivity index (χ3n) is 3.08. The molecule has 0 saturated carbocycles. The Morgan fingerprint density at radius 2 is 2.00 bits per heavy atom. The van der Waals surface area contributed by atoms with Crippen LogP contribution >= 0.6 is 11.6 Å². The highest BCUT2D eigenvalue weighted by atomic mass is 35.5. The Bertz CT molecular complexity index is 751. The molecule has 2 rings (SSSR count). The van der Waals surface area contributed by atoms with Crippen molar-refractivity contribution in [3.05, 3.63) is 63.2 Å². The number of para-hydroxylation sites is 2. The van der Waals surface area contributed by atoms with Crippen molar-refractivity contribution >= 4 is 28.9 Å². The number of carbonyl (C=O) groups is 1. The van der Waals surface area contributed by atoms with E-state index in [2.05, 4.69) is 5.32 Å². The third-order valence-corrected chi connectivity index (χ3v) is 3.32. The van der Waals surface area contributed by atoms with Crippen molar-refractivity contribution in [3.63, 3.8) is 0 Å². The first-order valence-electron chi connectivity index (χ1n) is 6.99. The average Bonchev–Trinajstić information content (AvgIpc) is 2.56. The Hall–Kier alpha value is -2.64. The Labute approximate surface area is 143 Å². The molecule has 0 aliphatic rings. The number of nitrogens with one attached hydrogen (secondary N) is 1. The van der Waals surface area contributed by atoms with Crippen molar-refractivity contribution < 1.29 is 19.2 Å². The molecule has 2 aromatic rings. The number of nitrogens with zero attached hydrogens (tertiary/aromatic N) is 1. The molecule has 0 aromatic heterocycles. The number of ether oxygens (including phenoxy) is 2. The van der Waals surface area contributed by atoms with Gasteiger partial charge in [-0.15, -0.1) is 0 Å². The largest absolute Gasteiger partial charge is 0.489 e. The number of hydrogen-bond acceptors (Lipinski definition) is 5. The Morgan fingerprint density at radius 3 is 2.71 bits per heavy atom. The number of nitro benzene ring substituents is 1. The first kappa shape index (κ1) is 17.7. The SMILES string of the molecule is COCCOc1ccccc1NC(=O)c1ccc(Cl)cc1[N+](=O)[O-]. The van der Waals surface area contributed by atoms with Gasteiger partial charge in [-0.25, -0.2) is 0 Å². The molecule has 0 radical (unpaired) electrons. The zero-order valence-electron chi connectivity index (χ0n) is 12.8. The summed E-state index contributed by atoms with van der Waals surface area (Å²) in [6.07, 6.45) is 0. The van der Waals surface area contributed by atoms with E-state index in [1.807, 2.05) is 0 Å². The molecule has 7 nitrogen and oxygen atoms in total. The Morgan fingerprint density at radius 1 is 1.25 bits per heavy atom. The first-order chi connectivity index (χ1) is 11.5. The van der Waals surface area contributed by atoms with Crippen LogP contribution in [0, 0.1) is 10.1 Å². The van der Waals surface area contributed by atoms with Gasteiger partial charge >= 0.3 is 0 Å². The van der Waals surface area contributed by atoms with Crippen molar-refractivity contribution in [1.82, 2.24) is 0 Å². The van der Waals surface area contributed by atoms with Crippen molar-refractivity contribution in [2.75, 3.05) is 25.6 Å². The number of halogens is 1. The normalized spacial score (nSPS) is 10.2. The predicted molar refractivity (Wildman–Crippen MR) is 89.9 cm³/mol. The highest BCUT2D eigenvalue weighted by molar-refractivity contribution is 6.31. The molecular formula is C16H15ClN2O5. The minimum absolute atomic E-state index is 0.0869.